The van der Waals surface area contributed by atoms with Gasteiger partial charge >= 0.3 is 5.97 Å². The molecule has 1 aliphatic heterocycles. The van der Waals surface area contributed by atoms with Crippen LogP contribution < -0.4 is 5.32 Å². The molecule has 1 rings (SSSR count). The van der Waals surface area contributed by atoms with Gasteiger partial charge in [0, 0.05) is 20.1 Å². The standard InChI is InChI=1S/C11H21NO4/c1-14-8-9-15-6-3-7-16-11(13)10-4-2-5-12-10/h10,12H,2-9H2,1H3. The first kappa shape index (κ1) is 13.4. The Morgan fingerprint density at radius 2 is 2.19 bits per heavy atom. The summed E-state index contributed by atoms with van der Waals surface area (Å²) in [5.74, 6) is -0.130. The Bertz CT molecular complexity index is 192. The number of hydrogen-bond acceptors (Lipinski definition) is 5. The minimum atomic E-state index is -0.130. The molecule has 5 nitrogen and oxygen atoms in total. The number of nitrogens with one attached hydrogen (secondary N) is 1. The van der Waals surface area contributed by atoms with E-state index in [1.54, 1.807) is 7.11 Å². The second-order valence-corrected chi connectivity index (χ2v) is 3.78. The topological polar surface area (TPSA) is 56.8 Å². The Morgan fingerprint density at radius 1 is 1.31 bits per heavy atom. The molecule has 1 atom stereocenters. The summed E-state index contributed by atoms with van der Waals surface area (Å²) in [4.78, 5) is 11.4. The molecule has 0 radical (unpaired) electrons. The van der Waals surface area contributed by atoms with E-state index < -0.39 is 0 Å². The highest BCUT2D eigenvalue weighted by Gasteiger charge is 2.22. The van der Waals surface area contributed by atoms with Gasteiger partial charge in [-0.1, -0.05) is 0 Å². The first-order valence-electron chi connectivity index (χ1n) is 5.81. The molecule has 0 bridgehead atoms. The third-order valence-electron chi connectivity index (χ3n) is 2.45. The van der Waals surface area contributed by atoms with Crippen LogP contribution in [0.25, 0.3) is 0 Å². The number of ether oxygens (including phenoxy) is 3. The molecule has 0 aromatic rings. The van der Waals surface area contributed by atoms with Gasteiger partial charge in [-0.05, 0) is 19.4 Å². The number of esters is 1. The molecule has 1 heterocycles. The summed E-state index contributed by atoms with van der Waals surface area (Å²) in [6, 6.07) is -0.0885. The molecule has 94 valence electrons. The van der Waals surface area contributed by atoms with Crippen molar-refractivity contribution in [3.8, 4) is 0 Å². The van der Waals surface area contributed by atoms with Crippen molar-refractivity contribution in [1.82, 2.24) is 5.32 Å². The second-order valence-electron chi connectivity index (χ2n) is 3.78. The molecule has 1 fully saturated rings. The second kappa shape index (κ2) is 8.50. The van der Waals surface area contributed by atoms with E-state index in [0.29, 0.717) is 26.4 Å². The van der Waals surface area contributed by atoms with Gasteiger partial charge < -0.3 is 19.5 Å². The van der Waals surface area contributed by atoms with E-state index in [-0.39, 0.29) is 12.0 Å². The molecular formula is C11H21NO4. The van der Waals surface area contributed by atoms with Gasteiger partial charge in [0.1, 0.15) is 6.04 Å². The van der Waals surface area contributed by atoms with Gasteiger partial charge in [0.05, 0.1) is 19.8 Å². The lowest BCUT2D eigenvalue weighted by Crippen LogP contribution is -2.32. The molecule has 1 N–H and O–H groups in total. The number of carbonyl (C=O) groups is 1. The Hall–Kier alpha value is -0.650. The van der Waals surface area contributed by atoms with Crippen molar-refractivity contribution < 1.29 is 19.0 Å². The van der Waals surface area contributed by atoms with Crippen LogP contribution in [0.2, 0.25) is 0 Å². The zero-order chi connectivity index (χ0) is 11.6. The molecule has 1 saturated heterocycles. The van der Waals surface area contributed by atoms with E-state index in [1.807, 2.05) is 0 Å². The fourth-order valence-corrected chi connectivity index (χ4v) is 1.56. The Labute approximate surface area is 96.4 Å². The van der Waals surface area contributed by atoms with Crippen molar-refractivity contribution >= 4 is 5.97 Å². The minimum Gasteiger partial charge on any atom is -0.464 e. The molecule has 0 aromatic carbocycles. The van der Waals surface area contributed by atoms with Crippen molar-refractivity contribution in [2.45, 2.75) is 25.3 Å². The lowest BCUT2D eigenvalue weighted by Gasteiger charge is -2.10. The van der Waals surface area contributed by atoms with Gasteiger partial charge in [-0.25, -0.2) is 0 Å². The van der Waals surface area contributed by atoms with E-state index >= 15 is 0 Å². The number of methoxy groups -OCH3 is 1. The van der Waals surface area contributed by atoms with Gasteiger partial charge in [-0.3, -0.25) is 4.79 Å². The average Bonchev–Trinajstić information content (AvgIpc) is 2.81. The maximum absolute atomic E-state index is 11.4. The molecular weight excluding hydrogens is 210 g/mol. The third kappa shape index (κ3) is 5.44. The predicted octanol–water partition coefficient (Wildman–Crippen LogP) is 0.335. The lowest BCUT2D eigenvalue weighted by atomic mass is 10.2. The Morgan fingerprint density at radius 3 is 2.88 bits per heavy atom. The molecule has 0 aliphatic carbocycles. The largest absolute Gasteiger partial charge is 0.464 e. The van der Waals surface area contributed by atoms with Crippen LogP contribution in [0.15, 0.2) is 0 Å². The van der Waals surface area contributed by atoms with Crippen LogP contribution in [-0.4, -0.2) is 52.1 Å². The van der Waals surface area contributed by atoms with Crippen LogP contribution in [0.3, 0.4) is 0 Å². The van der Waals surface area contributed by atoms with Crippen LogP contribution >= 0.6 is 0 Å². The van der Waals surface area contributed by atoms with E-state index in [9.17, 15) is 4.79 Å². The smallest absolute Gasteiger partial charge is 0.323 e. The van der Waals surface area contributed by atoms with Gasteiger partial charge in [-0.2, -0.15) is 0 Å². The van der Waals surface area contributed by atoms with E-state index in [4.69, 9.17) is 14.2 Å². The van der Waals surface area contributed by atoms with Crippen LogP contribution in [-0.2, 0) is 19.0 Å². The summed E-state index contributed by atoms with van der Waals surface area (Å²) in [6.07, 6.45) is 2.69. The highest BCUT2D eigenvalue weighted by Crippen LogP contribution is 2.06. The van der Waals surface area contributed by atoms with Gasteiger partial charge in [0.2, 0.25) is 0 Å². The fourth-order valence-electron chi connectivity index (χ4n) is 1.56. The van der Waals surface area contributed by atoms with Crippen molar-refractivity contribution in [1.29, 1.82) is 0 Å². The van der Waals surface area contributed by atoms with Crippen LogP contribution in [0, 0.1) is 0 Å². The molecule has 0 spiro atoms. The molecule has 0 amide bonds. The maximum Gasteiger partial charge on any atom is 0.323 e. The number of rotatable bonds is 8. The van der Waals surface area contributed by atoms with Gasteiger partial charge in [-0.15, -0.1) is 0 Å². The molecule has 5 heteroatoms. The first-order chi connectivity index (χ1) is 7.84. The van der Waals surface area contributed by atoms with E-state index in [2.05, 4.69) is 5.32 Å². The lowest BCUT2D eigenvalue weighted by molar-refractivity contribution is -0.146. The Kier molecular flexibility index (Phi) is 7.12. The quantitative estimate of drug-likeness (QED) is 0.482. The SMILES string of the molecule is COCCOCCCOC(=O)C1CCCN1. The van der Waals surface area contributed by atoms with Crippen molar-refractivity contribution in [2.75, 3.05) is 40.1 Å². The molecule has 0 aromatic heterocycles. The zero-order valence-electron chi connectivity index (χ0n) is 9.87. The number of hydrogen-bond donors (Lipinski definition) is 1. The van der Waals surface area contributed by atoms with Crippen molar-refractivity contribution in [2.24, 2.45) is 0 Å². The predicted molar refractivity (Wildman–Crippen MR) is 59.3 cm³/mol. The van der Waals surface area contributed by atoms with Crippen molar-refractivity contribution in [3.05, 3.63) is 0 Å². The summed E-state index contributed by atoms with van der Waals surface area (Å²) in [6.45, 7) is 3.15. The monoisotopic (exact) mass is 231 g/mol. The van der Waals surface area contributed by atoms with Crippen molar-refractivity contribution in [3.63, 3.8) is 0 Å². The molecule has 0 saturated carbocycles. The van der Waals surface area contributed by atoms with Gasteiger partial charge in [0.15, 0.2) is 0 Å². The summed E-state index contributed by atoms with van der Waals surface area (Å²) < 4.78 is 15.2. The zero-order valence-corrected chi connectivity index (χ0v) is 9.87. The summed E-state index contributed by atoms with van der Waals surface area (Å²) in [5, 5.41) is 3.10. The third-order valence-corrected chi connectivity index (χ3v) is 2.45. The maximum atomic E-state index is 11.4. The summed E-state index contributed by atoms with van der Waals surface area (Å²) >= 11 is 0. The van der Waals surface area contributed by atoms with Gasteiger partial charge in [0.25, 0.3) is 0 Å². The molecule has 16 heavy (non-hydrogen) atoms. The summed E-state index contributed by atoms with van der Waals surface area (Å²) in [7, 11) is 1.64. The Balaban J connectivity index is 1.88. The normalized spacial score (nSPS) is 19.9. The average molecular weight is 231 g/mol. The van der Waals surface area contributed by atoms with Crippen LogP contribution in [0.5, 0.6) is 0 Å². The van der Waals surface area contributed by atoms with E-state index in [0.717, 1.165) is 25.8 Å². The highest BCUT2D eigenvalue weighted by molar-refractivity contribution is 5.76. The highest BCUT2D eigenvalue weighted by atomic mass is 16.5. The fraction of sp³-hybridized carbons (Fsp3) is 0.909. The van der Waals surface area contributed by atoms with Crippen LogP contribution in [0.1, 0.15) is 19.3 Å². The minimum absolute atomic E-state index is 0.0885. The summed E-state index contributed by atoms with van der Waals surface area (Å²) in [5.41, 5.74) is 0. The molecule has 1 aliphatic rings. The number of carbonyl (C=O) groups excluding carboxylic acids is 1. The van der Waals surface area contributed by atoms with Crippen LogP contribution in [0.4, 0.5) is 0 Å². The first-order valence-corrected chi connectivity index (χ1v) is 5.81. The molecule has 1 unspecified atom stereocenters. The van der Waals surface area contributed by atoms with E-state index in [1.165, 1.54) is 0 Å².